The first-order chi connectivity index (χ1) is 10.9. The number of esters is 1. The van der Waals surface area contributed by atoms with E-state index in [0.717, 1.165) is 16.6 Å². The summed E-state index contributed by atoms with van der Waals surface area (Å²) in [5, 5.41) is 0. The zero-order chi connectivity index (χ0) is 16.9. The Hall–Kier alpha value is -2.13. The second kappa shape index (κ2) is 7.42. The molecular formula is C20H26NO2+. The smallest absolute Gasteiger partial charge is 0.338 e. The molecule has 3 heteroatoms. The van der Waals surface area contributed by atoms with Gasteiger partial charge >= 0.3 is 5.97 Å². The number of rotatable bonds is 6. The van der Waals surface area contributed by atoms with E-state index >= 15 is 0 Å². The lowest BCUT2D eigenvalue weighted by atomic mass is 10.1. The molecule has 0 heterocycles. The van der Waals surface area contributed by atoms with Crippen LogP contribution in [0.25, 0.3) is 0 Å². The van der Waals surface area contributed by atoms with Gasteiger partial charge in [-0.1, -0.05) is 48.5 Å². The largest absolute Gasteiger partial charge is 0.448 e. The molecule has 0 fully saturated rings. The Morgan fingerprint density at radius 2 is 1.48 bits per heavy atom. The highest BCUT2D eigenvalue weighted by atomic mass is 16.5. The quantitative estimate of drug-likeness (QED) is 0.594. The van der Waals surface area contributed by atoms with Gasteiger partial charge in [0.2, 0.25) is 0 Å². The van der Waals surface area contributed by atoms with Crippen LogP contribution in [-0.2, 0) is 4.74 Å². The van der Waals surface area contributed by atoms with Crippen LogP contribution < -0.4 is 0 Å². The van der Waals surface area contributed by atoms with Crippen molar-refractivity contribution >= 4 is 5.97 Å². The lowest BCUT2D eigenvalue weighted by Gasteiger charge is -2.37. The zero-order valence-corrected chi connectivity index (χ0v) is 14.4. The summed E-state index contributed by atoms with van der Waals surface area (Å²) >= 11 is 0. The van der Waals surface area contributed by atoms with Crippen molar-refractivity contribution in [3.8, 4) is 0 Å². The Bertz CT molecular complexity index is 621. The third-order valence-corrected chi connectivity index (χ3v) is 4.46. The average molecular weight is 312 g/mol. The Kier molecular flexibility index (Phi) is 5.56. The number of carbonyl (C=O) groups excluding carboxylic acids is 1. The van der Waals surface area contributed by atoms with Gasteiger partial charge in [-0.2, -0.15) is 0 Å². The molecule has 0 bridgehead atoms. The minimum atomic E-state index is -0.275. The number of carbonyl (C=O) groups is 1. The highest BCUT2D eigenvalue weighted by Gasteiger charge is 2.29. The third kappa shape index (κ3) is 4.67. The van der Waals surface area contributed by atoms with Crippen LogP contribution in [0.1, 0.15) is 35.9 Å². The number of quaternary nitrogens is 1. The summed E-state index contributed by atoms with van der Waals surface area (Å²) in [6.07, 6.45) is -0.263. The van der Waals surface area contributed by atoms with E-state index in [9.17, 15) is 4.79 Å². The molecule has 2 rings (SSSR count). The van der Waals surface area contributed by atoms with Crippen molar-refractivity contribution in [2.24, 2.45) is 0 Å². The summed E-state index contributed by atoms with van der Waals surface area (Å²) in [5.41, 5.74) is 1.62. The predicted molar refractivity (Wildman–Crippen MR) is 93.2 cm³/mol. The topological polar surface area (TPSA) is 26.3 Å². The van der Waals surface area contributed by atoms with Crippen LogP contribution in [0.3, 0.4) is 0 Å². The van der Waals surface area contributed by atoms with E-state index in [1.54, 1.807) is 12.1 Å². The lowest BCUT2D eigenvalue weighted by molar-refractivity contribution is -0.914. The molecule has 3 nitrogen and oxygen atoms in total. The molecule has 1 unspecified atom stereocenters. The maximum atomic E-state index is 12.5. The number of hydrogen-bond donors (Lipinski definition) is 0. The van der Waals surface area contributed by atoms with Gasteiger partial charge in [0.25, 0.3) is 0 Å². The van der Waals surface area contributed by atoms with Crippen LogP contribution >= 0.6 is 0 Å². The van der Waals surface area contributed by atoms with E-state index in [1.807, 2.05) is 48.5 Å². The van der Waals surface area contributed by atoms with Crippen LogP contribution in [0.15, 0.2) is 60.7 Å². The van der Waals surface area contributed by atoms with Gasteiger partial charge in [-0.05, 0) is 31.5 Å². The van der Waals surface area contributed by atoms with E-state index in [0.29, 0.717) is 11.6 Å². The minimum absolute atomic E-state index is 0.263. The summed E-state index contributed by atoms with van der Waals surface area (Å²) in [4.78, 5) is 12.5. The van der Waals surface area contributed by atoms with Crippen LogP contribution in [-0.4, -0.2) is 37.1 Å². The monoisotopic (exact) mass is 312 g/mol. The van der Waals surface area contributed by atoms with Gasteiger partial charge in [-0.25, -0.2) is 4.79 Å². The molecule has 0 amide bonds. The standard InChI is InChI=1S/C20H26NO2/c1-16(2)21(3,4)15-19(17-11-7-5-8-12-17)23-20(22)18-13-9-6-10-14-18/h5-14,16,19H,15H2,1-4H3/q+1. The van der Waals surface area contributed by atoms with E-state index in [2.05, 4.69) is 27.9 Å². The summed E-state index contributed by atoms with van der Waals surface area (Å²) in [6.45, 7) is 5.10. The number of ether oxygens (including phenoxy) is 1. The van der Waals surface area contributed by atoms with E-state index in [1.165, 1.54) is 0 Å². The highest BCUT2D eigenvalue weighted by molar-refractivity contribution is 5.89. The van der Waals surface area contributed by atoms with Gasteiger partial charge in [-0.3, -0.25) is 0 Å². The third-order valence-electron chi connectivity index (χ3n) is 4.46. The second-order valence-electron chi connectivity index (χ2n) is 6.73. The van der Waals surface area contributed by atoms with Crippen molar-refractivity contribution in [1.29, 1.82) is 0 Å². The normalized spacial score (nSPS) is 12.9. The molecule has 0 N–H and O–H groups in total. The molecule has 0 saturated heterocycles. The molecule has 0 spiro atoms. The van der Waals surface area contributed by atoms with E-state index in [-0.39, 0.29) is 12.1 Å². The first-order valence-electron chi connectivity index (χ1n) is 8.04. The van der Waals surface area contributed by atoms with E-state index < -0.39 is 0 Å². The predicted octanol–water partition coefficient (Wildman–Crippen LogP) is 4.07. The van der Waals surface area contributed by atoms with Crippen LogP contribution in [0.4, 0.5) is 0 Å². The number of benzene rings is 2. The van der Waals surface area contributed by atoms with Crippen molar-refractivity contribution < 1.29 is 14.0 Å². The average Bonchev–Trinajstić information content (AvgIpc) is 2.55. The molecular weight excluding hydrogens is 286 g/mol. The number of likely N-dealkylation sites (N-methyl/N-ethyl adjacent to an activating group) is 1. The molecule has 0 aromatic heterocycles. The lowest BCUT2D eigenvalue weighted by Crippen LogP contribution is -2.48. The number of hydrogen-bond acceptors (Lipinski definition) is 2. The van der Waals surface area contributed by atoms with Crippen molar-refractivity contribution in [2.45, 2.75) is 26.0 Å². The second-order valence-corrected chi connectivity index (χ2v) is 6.73. The molecule has 2 aromatic carbocycles. The molecule has 0 aliphatic rings. The van der Waals surface area contributed by atoms with Crippen molar-refractivity contribution in [3.05, 3.63) is 71.8 Å². The molecule has 23 heavy (non-hydrogen) atoms. The maximum Gasteiger partial charge on any atom is 0.338 e. The molecule has 122 valence electrons. The molecule has 0 aliphatic heterocycles. The highest BCUT2D eigenvalue weighted by Crippen LogP contribution is 2.23. The van der Waals surface area contributed by atoms with Crippen LogP contribution in [0, 0.1) is 0 Å². The van der Waals surface area contributed by atoms with Gasteiger partial charge in [0.1, 0.15) is 6.54 Å². The number of nitrogens with zero attached hydrogens (tertiary/aromatic N) is 1. The van der Waals surface area contributed by atoms with Gasteiger partial charge in [0.05, 0.1) is 25.7 Å². The maximum absolute atomic E-state index is 12.5. The molecule has 2 aromatic rings. The first-order valence-corrected chi connectivity index (χ1v) is 8.04. The first kappa shape index (κ1) is 17.2. The minimum Gasteiger partial charge on any atom is -0.448 e. The molecule has 0 radical (unpaired) electrons. The van der Waals surface area contributed by atoms with E-state index in [4.69, 9.17) is 4.74 Å². The van der Waals surface area contributed by atoms with Crippen LogP contribution in [0.5, 0.6) is 0 Å². The van der Waals surface area contributed by atoms with Gasteiger partial charge < -0.3 is 9.22 Å². The Labute approximate surface area is 139 Å². The van der Waals surface area contributed by atoms with Crippen molar-refractivity contribution in [2.75, 3.05) is 20.6 Å². The summed E-state index contributed by atoms with van der Waals surface area (Å²) in [7, 11) is 4.33. The summed E-state index contributed by atoms with van der Waals surface area (Å²) in [6, 6.07) is 19.6. The zero-order valence-electron chi connectivity index (χ0n) is 14.4. The summed E-state index contributed by atoms with van der Waals surface area (Å²) < 4.78 is 6.63. The fourth-order valence-electron chi connectivity index (χ4n) is 2.29. The van der Waals surface area contributed by atoms with Crippen molar-refractivity contribution in [1.82, 2.24) is 0 Å². The molecule has 0 aliphatic carbocycles. The summed E-state index contributed by atoms with van der Waals surface area (Å²) in [5.74, 6) is -0.275. The van der Waals surface area contributed by atoms with Crippen LogP contribution in [0.2, 0.25) is 0 Å². The van der Waals surface area contributed by atoms with Gasteiger partial charge in [0.15, 0.2) is 6.10 Å². The Balaban J connectivity index is 2.22. The van der Waals surface area contributed by atoms with Gasteiger partial charge in [0, 0.05) is 0 Å². The molecule has 0 saturated carbocycles. The SMILES string of the molecule is CC(C)[N+](C)(C)CC(OC(=O)c1ccccc1)c1ccccc1. The fraction of sp³-hybridized carbons (Fsp3) is 0.350. The molecule has 1 atom stereocenters. The Morgan fingerprint density at radius 3 is 2.00 bits per heavy atom. The van der Waals surface area contributed by atoms with Gasteiger partial charge in [-0.15, -0.1) is 0 Å². The van der Waals surface area contributed by atoms with Crippen molar-refractivity contribution in [3.63, 3.8) is 0 Å². The fourth-order valence-corrected chi connectivity index (χ4v) is 2.29. The Morgan fingerprint density at radius 1 is 0.957 bits per heavy atom.